The molecule has 7 nitrogen and oxygen atoms in total. The predicted molar refractivity (Wildman–Crippen MR) is 113 cm³/mol. The third kappa shape index (κ3) is 6.52. The lowest BCUT2D eigenvalue weighted by Crippen LogP contribution is -2.42. The predicted octanol–water partition coefficient (Wildman–Crippen LogP) is 4.89. The topological polar surface area (TPSA) is 88.9 Å². The van der Waals surface area contributed by atoms with Gasteiger partial charge in [0.15, 0.2) is 7.29 Å². The Hall–Kier alpha value is -0.470. The van der Waals surface area contributed by atoms with Gasteiger partial charge in [0.2, 0.25) is 0 Å². The summed E-state index contributed by atoms with van der Waals surface area (Å²) in [5, 5.41) is 9.04. The SMILES string of the molecule is COP(=O)(CCC[C@H]1C=C[C@H](N(CCC#N)P(=O)(C(C)C)C(C)C)CO1)OC. The van der Waals surface area contributed by atoms with Crippen LogP contribution in [0.1, 0.15) is 47.0 Å². The van der Waals surface area contributed by atoms with Crippen LogP contribution in [0, 0.1) is 11.3 Å². The summed E-state index contributed by atoms with van der Waals surface area (Å²) >= 11 is 0. The summed E-state index contributed by atoms with van der Waals surface area (Å²) in [5.41, 5.74) is 0.0177. The Balaban J connectivity index is 2.81. The number of hydrogen-bond acceptors (Lipinski definition) is 6. The monoisotopic (exact) mass is 434 g/mol. The van der Waals surface area contributed by atoms with E-state index in [1.807, 2.05) is 38.4 Å². The maximum absolute atomic E-state index is 13.8. The van der Waals surface area contributed by atoms with Crippen molar-refractivity contribution in [1.82, 2.24) is 4.67 Å². The molecule has 0 aromatic carbocycles. The average Bonchev–Trinajstić information content (AvgIpc) is 2.68. The van der Waals surface area contributed by atoms with E-state index < -0.39 is 14.9 Å². The minimum absolute atomic E-state index is 0.00884. The van der Waals surface area contributed by atoms with Crippen LogP contribution in [0.4, 0.5) is 0 Å². The molecule has 0 unspecified atom stereocenters. The van der Waals surface area contributed by atoms with Crippen molar-refractivity contribution in [3.8, 4) is 6.07 Å². The molecular formula is C19H36N2O5P2. The molecule has 0 amide bonds. The molecule has 162 valence electrons. The van der Waals surface area contributed by atoms with Gasteiger partial charge in [-0.15, -0.1) is 0 Å². The molecule has 0 fully saturated rings. The van der Waals surface area contributed by atoms with Crippen molar-refractivity contribution < 1.29 is 22.9 Å². The summed E-state index contributed by atoms with van der Waals surface area (Å²) in [7, 11) is -2.87. The quantitative estimate of drug-likeness (QED) is 0.319. The van der Waals surface area contributed by atoms with Gasteiger partial charge in [-0.1, -0.05) is 39.8 Å². The summed E-state index contributed by atoms with van der Waals surface area (Å²) in [6, 6.07) is 2.06. The fourth-order valence-electron chi connectivity index (χ4n) is 3.60. The molecule has 0 saturated heterocycles. The first kappa shape index (κ1) is 25.6. The van der Waals surface area contributed by atoms with Crippen LogP contribution in [0.5, 0.6) is 0 Å². The van der Waals surface area contributed by atoms with E-state index in [4.69, 9.17) is 19.0 Å². The van der Waals surface area contributed by atoms with Gasteiger partial charge in [0.05, 0.1) is 31.0 Å². The number of rotatable bonds is 12. The zero-order chi connectivity index (χ0) is 21.4. The van der Waals surface area contributed by atoms with E-state index in [0.717, 1.165) is 0 Å². The van der Waals surface area contributed by atoms with Gasteiger partial charge in [-0.2, -0.15) is 5.26 Å². The van der Waals surface area contributed by atoms with Gasteiger partial charge in [0.25, 0.3) is 0 Å². The normalized spacial score (nSPS) is 20.9. The Kier molecular flexibility index (Phi) is 10.6. The maximum Gasteiger partial charge on any atom is 0.330 e. The first-order valence-corrected chi connectivity index (χ1v) is 13.4. The van der Waals surface area contributed by atoms with Crippen LogP contribution in [-0.2, 0) is 22.9 Å². The third-order valence-electron chi connectivity index (χ3n) is 5.22. The first-order valence-electron chi connectivity index (χ1n) is 9.88. The van der Waals surface area contributed by atoms with E-state index in [0.29, 0.717) is 38.6 Å². The van der Waals surface area contributed by atoms with Crippen LogP contribution < -0.4 is 0 Å². The molecule has 0 radical (unpaired) electrons. The van der Waals surface area contributed by atoms with Crippen LogP contribution in [-0.4, -0.2) is 61.7 Å². The molecule has 1 aliphatic rings. The molecule has 2 atom stereocenters. The lowest BCUT2D eigenvalue weighted by molar-refractivity contribution is 0.0442. The zero-order valence-corrected chi connectivity index (χ0v) is 19.8. The average molecular weight is 434 g/mol. The van der Waals surface area contributed by atoms with Crippen LogP contribution in [0.3, 0.4) is 0 Å². The summed E-state index contributed by atoms with van der Waals surface area (Å²) in [4.78, 5) is 0. The van der Waals surface area contributed by atoms with Crippen LogP contribution in [0.15, 0.2) is 12.2 Å². The highest BCUT2D eigenvalue weighted by atomic mass is 31.2. The van der Waals surface area contributed by atoms with Crippen molar-refractivity contribution in [2.45, 2.75) is 70.4 Å². The van der Waals surface area contributed by atoms with Gasteiger partial charge >= 0.3 is 7.60 Å². The summed E-state index contributed by atoms with van der Waals surface area (Å²) in [6.07, 6.45) is 6.02. The number of nitriles is 1. The lowest BCUT2D eigenvalue weighted by Gasteiger charge is -2.42. The molecule has 0 aromatic heterocycles. The maximum atomic E-state index is 13.8. The van der Waals surface area contributed by atoms with Gasteiger partial charge in [0.1, 0.15) is 0 Å². The molecule has 0 aliphatic carbocycles. The minimum atomic E-state index is -2.99. The van der Waals surface area contributed by atoms with Crippen molar-refractivity contribution in [3.05, 3.63) is 12.2 Å². The minimum Gasteiger partial charge on any atom is -0.372 e. The number of hydrogen-bond donors (Lipinski definition) is 0. The molecule has 0 aromatic rings. The molecule has 1 heterocycles. The zero-order valence-electron chi connectivity index (χ0n) is 18.0. The molecule has 9 heteroatoms. The molecule has 0 saturated carbocycles. The van der Waals surface area contributed by atoms with Gasteiger partial charge in [-0.3, -0.25) is 4.57 Å². The molecule has 1 aliphatic heterocycles. The van der Waals surface area contributed by atoms with Crippen LogP contribution >= 0.6 is 14.9 Å². The van der Waals surface area contributed by atoms with E-state index in [1.165, 1.54) is 14.2 Å². The fourth-order valence-corrected chi connectivity index (χ4v) is 8.08. The van der Waals surface area contributed by atoms with Crippen LogP contribution in [0.2, 0.25) is 0 Å². The molecule has 0 bridgehead atoms. The fraction of sp³-hybridized carbons (Fsp3) is 0.842. The molecule has 0 N–H and O–H groups in total. The Morgan fingerprint density at radius 1 is 1.18 bits per heavy atom. The van der Waals surface area contributed by atoms with Crippen LogP contribution in [0.25, 0.3) is 0 Å². The van der Waals surface area contributed by atoms with E-state index in [2.05, 4.69) is 12.1 Å². The van der Waals surface area contributed by atoms with Crippen molar-refractivity contribution >= 4 is 14.9 Å². The Labute approximate surface area is 170 Å². The van der Waals surface area contributed by atoms with Crippen molar-refractivity contribution in [1.29, 1.82) is 5.26 Å². The standard InChI is InChI=1S/C19H36N2O5P2/c1-16(2)28(23,17(3)4)21(13-8-12-20)18-10-11-19(26-15-18)9-7-14-27(22,24-5)25-6/h10-11,16-19H,7-9,13-15H2,1-6H3/t18-,19-/m0/s1. The Bertz CT molecular complexity index is 625. The molecule has 1 rings (SSSR count). The van der Waals surface area contributed by atoms with Gasteiger partial charge < -0.3 is 18.3 Å². The second-order valence-corrected chi connectivity index (χ2v) is 13.9. The van der Waals surface area contributed by atoms with Crippen molar-refractivity contribution in [2.75, 3.05) is 33.5 Å². The van der Waals surface area contributed by atoms with Crippen molar-refractivity contribution in [3.63, 3.8) is 0 Å². The number of nitrogens with zero attached hydrogens (tertiary/aromatic N) is 2. The number of ether oxygens (including phenoxy) is 1. The van der Waals surface area contributed by atoms with Gasteiger partial charge in [-0.05, 0) is 12.8 Å². The Morgan fingerprint density at radius 2 is 1.79 bits per heavy atom. The van der Waals surface area contributed by atoms with Gasteiger partial charge in [-0.25, -0.2) is 4.67 Å². The Morgan fingerprint density at radius 3 is 2.21 bits per heavy atom. The first-order chi connectivity index (χ1) is 13.1. The molecule has 28 heavy (non-hydrogen) atoms. The lowest BCUT2D eigenvalue weighted by atomic mass is 10.1. The molecule has 0 spiro atoms. The third-order valence-corrected chi connectivity index (χ3v) is 11.5. The van der Waals surface area contributed by atoms with E-state index in [-0.39, 0.29) is 23.5 Å². The molecular weight excluding hydrogens is 398 g/mol. The second kappa shape index (κ2) is 11.6. The van der Waals surface area contributed by atoms with Gasteiger partial charge in [0, 0.05) is 38.5 Å². The largest absolute Gasteiger partial charge is 0.372 e. The second-order valence-electron chi connectivity index (χ2n) is 7.60. The van der Waals surface area contributed by atoms with Crippen molar-refractivity contribution in [2.24, 2.45) is 0 Å². The van der Waals surface area contributed by atoms with E-state index in [1.54, 1.807) is 0 Å². The highest BCUT2D eigenvalue weighted by Crippen LogP contribution is 2.59. The summed E-state index contributed by atoms with van der Waals surface area (Å²) < 4.78 is 43.8. The van der Waals surface area contributed by atoms with E-state index >= 15 is 0 Å². The summed E-state index contributed by atoms with van der Waals surface area (Å²) in [5.74, 6) is 0. The summed E-state index contributed by atoms with van der Waals surface area (Å²) in [6.45, 7) is 8.85. The smallest absolute Gasteiger partial charge is 0.330 e. The van der Waals surface area contributed by atoms with E-state index in [9.17, 15) is 9.13 Å². The highest BCUT2D eigenvalue weighted by Gasteiger charge is 2.40. The highest BCUT2D eigenvalue weighted by molar-refractivity contribution is 7.62.